The number of hydrogen-bond acceptors (Lipinski definition) is 5. The molecule has 3 rings (SSSR count). The summed E-state index contributed by atoms with van der Waals surface area (Å²) in [6, 6.07) is 20.4. The maximum absolute atomic E-state index is 11.2. The number of rotatable bonds is 4. The molecule has 6 heteroatoms. The summed E-state index contributed by atoms with van der Waals surface area (Å²) in [6.07, 6.45) is 0. The SMILES string of the molecule is N#Cc1ccccc1Oc1ccc([N+](=O)[O-])c(-c2ccccc2)n1. The monoisotopic (exact) mass is 317 g/mol. The Balaban J connectivity index is 2.05. The van der Waals surface area contributed by atoms with Crippen molar-refractivity contribution < 1.29 is 9.66 Å². The van der Waals surface area contributed by atoms with Crippen molar-refractivity contribution in [2.75, 3.05) is 0 Å². The van der Waals surface area contributed by atoms with Crippen LogP contribution in [0.5, 0.6) is 11.6 Å². The van der Waals surface area contributed by atoms with Gasteiger partial charge in [-0.3, -0.25) is 10.1 Å². The number of benzene rings is 2. The molecule has 0 spiro atoms. The Hall–Kier alpha value is -3.72. The van der Waals surface area contributed by atoms with E-state index < -0.39 is 4.92 Å². The molecule has 1 heterocycles. The van der Waals surface area contributed by atoms with Gasteiger partial charge < -0.3 is 4.74 Å². The highest BCUT2D eigenvalue weighted by Crippen LogP contribution is 2.32. The van der Waals surface area contributed by atoms with Gasteiger partial charge in [0.25, 0.3) is 5.69 Å². The Bertz CT molecular complexity index is 934. The number of nitro groups is 1. The van der Waals surface area contributed by atoms with Gasteiger partial charge in [0, 0.05) is 17.7 Å². The second-order valence-corrected chi connectivity index (χ2v) is 4.85. The van der Waals surface area contributed by atoms with E-state index in [9.17, 15) is 10.1 Å². The molecule has 0 saturated heterocycles. The number of ether oxygens (including phenoxy) is 1. The molecular weight excluding hydrogens is 306 g/mol. The van der Waals surface area contributed by atoms with Gasteiger partial charge in [-0.25, -0.2) is 4.98 Å². The summed E-state index contributed by atoms with van der Waals surface area (Å²) >= 11 is 0. The molecule has 0 fully saturated rings. The van der Waals surface area contributed by atoms with Crippen molar-refractivity contribution in [2.24, 2.45) is 0 Å². The van der Waals surface area contributed by atoms with Crippen molar-refractivity contribution >= 4 is 5.69 Å². The van der Waals surface area contributed by atoms with Gasteiger partial charge >= 0.3 is 0 Å². The maximum atomic E-state index is 11.2. The minimum atomic E-state index is -0.484. The average Bonchev–Trinajstić information content (AvgIpc) is 2.62. The third kappa shape index (κ3) is 3.05. The van der Waals surface area contributed by atoms with Gasteiger partial charge in [-0.1, -0.05) is 42.5 Å². The Labute approximate surface area is 137 Å². The molecule has 6 nitrogen and oxygen atoms in total. The molecule has 2 aromatic carbocycles. The summed E-state index contributed by atoms with van der Waals surface area (Å²) < 4.78 is 5.64. The number of nitrogens with zero attached hydrogens (tertiary/aromatic N) is 3. The van der Waals surface area contributed by atoms with E-state index >= 15 is 0 Å². The Morgan fingerprint density at radius 3 is 2.42 bits per heavy atom. The molecule has 3 aromatic rings. The molecule has 1 aromatic heterocycles. The third-order valence-corrected chi connectivity index (χ3v) is 3.31. The summed E-state index contributed by atoms with van der Waals surface area (Å²) in [7, 11) is 0. The zero-order valence-electron chi connectivity index (χ0n) is 12.4. The van der Waals surface area contributed by atoms with E-state index in [4.69, 9.17) is 10.00 Å². The van der Waals surface area contributed by atoms with Crippen LogP contribution in [-0.4, -0.2) is 9.91 Å². The van der Waals surface area contributed by atoms with Crippen LogP contribution in [0, 0.1) is 21.4 Å². The highest BCUT2D eigenvalue weighted by atomic mass is 16.6. The molecule has 0 saturated carbocycles. The molecule has 0 bridgehead atoms. The van der Waals surface area contributed by atoms with Crippen LogP contribution in [-0.2, 0) is 0 Å². The quantitative estimate of drug-likeness (QED) is 0.528. The van der Waals surface area contributed by atoms with E-state index in [0.717, 1.165) is 0 Å². The van der Waals surface area contributed by atoms with Crippen LogP contribution in [0.4, 0.5) is 5.69 Å². The van der Waals surface area contributed by atoms with Crippen molar-refractivity contribution in [3.05, 3.63) is 82.4 Å². The summed E-state index contributed by atoms with van der Waals surface area (Å²) in [5, 5.41) is 20.4. The van der Waals surface area contributed by atoms with Gasteiger partial charge in [-0.2, -0.15) is 5.26 Å². The van der Waals surface area contributed by atoms with Gasteiger partial charge in [-0.15, -0.1) is 0 Å². The highest BCUT2D eigenvalue weighted by Gasteiger charge is 2.18. The van der Waals surface area contributed by atoms with E-state index in [1.807, 2.05) is 12.1 Å². The van der Waals surface area contributed by atoms with Crippen molar-refractivity contribution in [3.63, 3.8) is 0 Å². The standard InChI is InChI=1S/C18H11N3O3/c19-12-14-8-4-5-9-16(14)24-17-11-10-15(21(22)23)18(20-17)13-6-2-1-3-7-13/h1-11H. The first kappa shape index (κ1) is 15.2. The smallest absolute Gasteiger partial charge is 0.295 e. The molecular formula is C18H11N3O3. The predicted molar refractivity (Wildman–Crippen MR) is 87.6 cm³/mol. The molecule has 24 heavy (non-hydrogen) atoms. The topological polar surface area (TPSA) is 89.0 Å². The maximum Gasteiger partial charge on any atom is 0.295 e. The lowest BCUT2D eigenvalue weighted by Crippen LogP contribution is -1.97. The van der Waals surface area contributed by atoms with Gasteiger partial charge in [0.1, 0.15) is 11.8 Å². The fourth-order valence-corrected chi connectivity index (χ4v) is 2.21. The van der Waals surface area contributed by atoms with Gasteiger partial charge in [0.2, 0.25) is 5.88 Å². The number of para-hydroxylation sites is 1. The minimum Gasteiger partial charge on any atom is -0.438 e. The molecule has 0 aliphatic heterocycles. The van der Waals surface area contributed by atoms with Crippen LogP contribution in [0.25, 0.3) is 11.3 Å². The molecule has 0 aliphatic carbocycles. The summed E-state index contributed by atoms with van der Waals surface area (Å²) in [4.78, 5) is 15.0. The van der Waals surface area contributed by atoms with E-state index in [2.05, 4.69) is 4.98 Å². The first-order chi connectivity index (χ1) is 11.7. The first-order valence-electron chi connectivity index (χ1n) is 7.07. The second kappa shape index (κ2) is 6.58. The lowest BCUT2D eigenvalue weighted by molar-refractivity contribution is -0.384. The molecule has 0 radical (unpaired) electrons. The zero-order valence-corrected chi connectivity index (χ0v) is 12.4. The fourth-order valence-electron chi connectivity index (χ4n) is 2.21. The number of aromatic nitrogens is 1. The number of nitriles is 1. The lowest BCUT2D eigenvalue weighted by Gasteiger charge is -2.08. The average molecular weight is 317 g/mol. The zero-order chi connectivity index (χ0) is 16.9. The number of pyridine rings is 1. The predicted octanol–water partition coefficient (Wildman–Crippen LogP) is 4.32. The highest BCUT2D eigenvalue weighted by molar-refractivity contribution is 5.70. The van der Waals surface area contributed by atoms with E-state index in [1.165, 1.54) is 12.1 Å². The molecule has 0 unspecified atom stereocenters. The van der Waals surface area contributed by atoms with Crippen molar-refractivity contribution in [1.82, 2.24) is 4.98 Å². The van der Waals surface area contributed by atoms with Gasteiger partial charge in [0.15, 0.2) is 5.69 Å². The van der Waals surface area contributed by atoms with Crippen LogP contribution in [0.15, 0.2) is 66.7 Å². The van der Waals surface area contributed by atoms with Crippen LogP contribution in [0.2, 0.25) is 0 Å². The van der Waals surface area contributed by atoms with Crippen molar-refractivity contribution in [3.8, 4) is 29.0 Å². The second-order valence-electron chi connectivity index (χ2n) is 4.85. The fraction of sp³-hybridized carbons (Fsp3) is 0. The first-order valence-corrected chi connectivity index (χ1v) is 7.07. The Kier molecular flexibility index (Phi) is 4.17. The van der Waals surface area contributed by atoms with E-state index in [0.29, 0.717) is 16.9 Å². The molecule has 0 amide bonds. The van der Waals surface area contributed by atoms with Crippen LogP contribution < -0.4 is 4.74 Å². The minimum absolute atomic E-state index is 0.109. The molecule has 116 valence electrons. The summed E-state index contributed by atoms with van der Waals surface area (Å²) in [5.41, 5.74) is 1.08. The Morgan fingerprint density at radius 1 is 1.00 bits per heavy atom. The normalized spacial score (nSPS) is 9.96. The third-order valence-electron chi connectivity index (χ3n) is 3.31. The van der Waals surface area contributed by atoms with Crippen molar-refractivity contribution in [1.29, 1.82) is 5.26 Å². The van der Waals surface area contributed by atoms with Crippen LogP contribution in [0.1, 0.15) is 5.56 Å². The largest absolute Gasteiger partial charge is 0.438 e. The summed E-state index contributed by atoms with van der Waals surface area (Å²) in [6.45, 7) is 0. The van der Waals surface area contributed by atoms with Crippen LogP contribution >= 0.6 is 0 Å². The molecule has 0 atom stereocenters. The van der Waals surface area contributed by atoms with Crippen LogP contribution in [0.3, 0.4) is 0 Å². The molecule has 0 aliphatic rings. The van der Waals surface area contributed by atoms with Crippen molar-refractivity contribution in [2.45, 2.75) is 0 Å². The van der Waals surface area contributed by atoms with Gasteiger partial charge in [-0.05, 0) is 12.1 Å². The van der Waals surface area contributed by atoms with Gasteiger partial charge in [0.05, 0.1) is 10.5 Å². The van der Waals surface area contributed by atoms with E-state index in [1.54, 1.807) is 48.5 Å². The van der Waals surface area contributed by atoms with E-state index in [-0.39, 0.29) is 17.3 Å². The lowest BCUT2D eigenvalue weighted by atomic mass is 10.1. The number of hydrogen-bond donors (Lipinski definition) is 0. The Morgan fingerprint density at radius 2 is 1.71 bits per heavy atom. The molecule has 0 N–H and O–H groups in total. The summed E-state index contributed by atoms with van der Waals surface area (Å²) in [5.74, 6) is 0.530.